The summed E-state index contributed by atoms with van der Waals surface area (Å²) in [7, 11) is -8.87. The van der Waals surface area contributed by atoms with Gasteiger partial charge in [0.15, 0.2) is 0 Å². The third kappa shape index (κ3) is 7.48. The van der Waals surface area contributed by atoms with Gasteiger partial charge in [-0.2, -0.15) is 27.4 Å². The highest BCUT2D eigenvalue weighted by Gasteiger charge is 2.67. The third-order valence-electron chi connectivity index (χ3n) is 11.8. The van der Waals surface area contributed by atoms with Crippen LogP contribution in [0.1, 0.15) is 59.6 Å². The third-order valence-corrected chi connectivity index (χ3v) is 15.6. The van der Waals surface area contributed by atoms with E-state index >= 15 is 0 Å². The maximum Gasteiger partial charge on any atom is 0.358 e. The standard InChI is InChI=1S/C43H38N4O7S4/c1-27-13-14-32(58(51,52)54-47-41-36(17-20-56-41)38(25-45)34-12-8-6-10-29(34)3)21-30(27)23-42(4)31-15-18-43(42,39(48)22-31)26-57(49,50)53-46-40-35(16-19-55-40)37(24-44)33-11-7-5-9-28(33)2/h5-14,16-17,19-21,31H,15,18,22-23,26H2,1-4H3/b37-35+,38-36+,46-40-,47-41-. The molecule has 2 aliphatic heterocycles. The average Bonchev–Trinajstić information content (AvgIpc) is 3.95. The molecule has 0 saturated heterocycles. The monoisotopic (exact) mass is 850 g/mol. The summed E-state index contributed by atoms with van der Waals surface area (Å²) in [5.41, 5.74) is 3.90. The molecule has 11 nitrogen and oxygen atoms in total. The molecule has 58 heavy (non-hydrogen) atoms. The second kappa shape index (κ2) is 15.9. The van der Waals surface area contributed by atoms with Crippen LogP contribution in [0.3, 0.4) is 0 Å². The van der Waals surface area contributed by atoms with Crippen molar-refractivity contribution in [3.63, 3.8) is 0 Å². The number of Topliss-reactive ketones (excluding diaryl/α,β-unsaturated/α-hetero) is 1. The fourth-order valence-corrected chi connectivity index (χ4v) is 12.3. The first-order valence-electron chi connectivity index (χ1n) is 18.3. The quantitative estimate of drug-likeness (QED) is 0.133. The Labute approximate surface area is 347 Å². The molecule has 0 N–H and O–H groups in total. The number of carbonyl (C=O) groups is 1. The summed E-state index contributed by atoms with van der Waals surface area (Å²) in [5.74, 6) is -0.918. The molecule has 2 aliphatic carbocycles. The van der Waals surface area contributed by atoms with Gasteiger partial charge in [0.05, 0.1) is 16.6 Å². The largest absolute Gasteiger partial charge is 0.358 e. The lowest BCUT2D eigenvalue weighted by Gasteiger charge is -2.39. The van der Waals surface area contributed by atoms with Crippen molar-refractivity contribution in [2.24, 2.45) is 27.1 Å². The van der Waals surface area contributed by atoms with E-state index in [0.717, 1.165) is 40.2 Å². The van der Waals surface area contributed by atoms with E-state index < -0.39 is 36.8 Å². The molecule has 0 aromatic heterocycles. The Morgan fingerprint density at radius 2 is 1.36 bits per heavy atom. The molecule has 4 aliphatic rings. The summed E-state index contributed by atoms with van der Waals surface area (Å²) in [6.07, 6.45) is 4.74. The van der Waals surface area contributed by atoms with Gasteiger partial charge in [0.1, 0.15) is 38.7 Å². The smallest absolute Gasteiger partial charge is 0.299 e. The second-order valence-corrected chi connectivity index (χ2v) is 19.9. The number of aryl methyl sites for hydroxylation is 3. The van der Waals surface area contributed by atoms with Crippen LogP contribution >= 0.6 is 23.5 Å². The molecule has 3 aromatic carbocycles. The van der Waals surface area contributed by atoms with Crippen molar-refractivity contribution < 1.29 is 30.2 Å². The van der Waals surface area contributed by atoms with Crippen molar-refractivity contribution >= 4 is 70.8 Å². The van der Waals surface area contributed by atoms with Gasteiger partial charge in [-0.1, -0.05) is 95.4 Å². The van der Waals surface area contributed by atoms with Crippen LogP contribution in [0.15, 0.2) is 116 Å². The summed E-state index contributed by atoms with van der Waals surface area (Å²) in [5, 5.41) is 31.9. The predicted molar refractivity (Wildman–Crippen MR) is 227 cm³/mol. The van der Waals surface area contributed by atoms with Crippen LogP contribution in [-0.2, 0) is 40.0 Å². The summed E-state index contributed by atoms with van der Waals surface area (Å²) in [6.45, 7) is 7.49. The predicted octanol–water partition coefficient (Wildman–Crippen LogP) is 8.68. The van der Waals surface area contributed by atoms with Gasteiger partial charge in [0.2, 0.25) is 0 Å². The van der Waals surface area contributed by atoms with Crippen LogP contribution < -0.4 is 0 Å². The number of nitriles is 2. The first-order valence-corrected chi connectivity index (χ1v) is 23.1. The van der Waals surface area contributed by atoms with Crippen LogP contribution in [0.25, 0.3) is 11.1 Å². The number of hydrogen-bond acceptors (Lipinski definition) is 13. The van der Waals surface area contributed by atoms with Crippen molar-refractivity contribution in [1.29, 1.82) is 10.5 Å². The molecule has 296 valence electrons. The zero-order chi connectivity index (χ0) is 41.5. The summed E-state index contributed by atoms with van der Waals surface area (Å²) < 4.78 is 65.3. The molecule has 7 rings (SSSR count). The van der Waals surface area contributed by atoms with Crippen LogP contribution in [0.2, 0.25) is 0 Å². The molecule has 2 saturated carbocycles. The Morgan fingerprint density at radius 1 is 0.810 bits per heavy atom. The van der Waals surface area contributed by atoms with Gasteiger partial charge in [-0.15, -0.1) is 0 Å². The zero-order valence-electron chi connectivity index (χ0n) is 32.1. The van der Waals surface area contributed by atoms with Crippen LogP contribution in [0, 0.1) is 60.2 Å². The molecule has 2 heterocycles. The first kappa shape index (κ1) is 41.0. The summed E-state index contributed by atoms with van der Waals surface area (Å²) in [4.78, 5) is 13.7. The number of oxime groups is 2. The molecule has 3 aromatic rings. The van der Waals surface area contributed by atoms with E-state index in [2.05, 4.69) is 22.4 Å². The molecule has 0 radical (unpaired) electrons. The lowest BCUT2D eigenvalue weighted by Crippen LogP contribution is -2.45. The summed E-state index contributed by atoms with van der Waals surface area (Å²) in [6, 6.07) is 23.7. The van der Waals surface area contributed by atoms with E-state index in [1.165, 1.54) is 12.1 Å². The number of hydrogen-bond donors (Lipinski definition) is 0. The number of nitrogens with zero attached hydrogens (tertiary/aromatic N) is 4. The normalized spacial score (nSPS) is 25.6. The second-order valence-electron chi connectivity index (χ2n) is 15.0. The Balaban J connectivity index is 1.13. The van der Waals surface area contributed by atoms with Crippen molar-refractivity contribution in [3.05, 3.63) is 134 Å². The molecular formula is C43H38N4O7S4. The highest BCUT2D eigenvalue weighted by Crippen LogP contribution is 2.66. The Kier molecular flexibility index (Phi) is 11.2. The minimum absolute atomic E-state index is 0.139. The van der Waals surface area contributed by atoms with E-state index in [4.69, 9.17) is 8.57 Å². The van der Waals surface area contributed by atoms with Crippen LogP contribution in [0.4, 0.5) is 0 Å². The number of carbonyl (C=O) groups excluding carboxylic acids is 1. The Bertz CT molecular complexity index is 2750. The van der Waals surface area contributed by atoms with Gasteiger partial charge >= 0.3 is 20.2 Å². The van der Waals surface area contributed by atoms with E-state index in [9.17, 15) is 32.2 Å². The van der Waals surface area contributed by atoms with E-state index in [1.807, 2.05) is 76.2 Å². The highest BCUT2D eigenvalue weighted by atomic mass is 32.2. The average molecular weight is 851 g/mol. The minimum Gasteiger partial charge on any atom is -0.299 e. The Hall–Kier alpha value is -5.19. The lowest BCUT2D eigenvalue weighted by molar-refractivity contribution is -0.128. The molecule has 15 heteroatoms. The number of thioether (sulfide) groups is 2. The number of fused-ring (bicyclic) bond motifs is 2. The molecular weight excluding hydrogens is 813 g/mol. The minimum atomic E-state index is -4.45. The van der Waals surface area contributed by atoms with Gasteiger partial charge < -0.3 is 0 Å². The van der Waals surface area contributed by atoms with E-state index in [-0.39, 0.29) is 39.5 Å². The number of allylic oxidation sites excluding steroid dienone is 4. The van der Waals surface area contributed by atoms with Crippen molar-refractivity contribution in [2.45, 2.75) is 58.3 Å². The first-order chi connectivity index (χ1) is 27.6. The van der Waals surface area contributed by atoms with Crippen LogP contribution in [0.5, 0.6) is 0 Å². The molecule has 0 spiro atoms. The van der Waals surface area contributed by atoms with Gasteiger partial charge in [-0.3, -0.25) is 13.4 Å². The highest BCUT2D eigenvalue weighted by molar-refractivity contribution is 8.17. The molecule has 3 atom stereocenters. The zero-order valence-corrected chi connectivity index (χ0v) is 35.3. The fourth-order valence-electron chi connectivity index (χ4n) is 8.55. The Morgan fingerprint density at radius 3 is 1.90 bits per heavy atom. The van der Waals surface area contributed by atoms with E-state index in [1.54, 1.807) is 29.0 Å². The lowest BCUT2D eigenvalue weighted by atomic mass is 9.65. The van der Waals surface area contributed by atoms with Gasteiger partial charge in [0.25, 0.3) is 0 Å². The topological polar surface area (TPSA) is 176 Å². The maximum absolute atomic E-state index is 13.8. The maximum atomic E-state index is 13.8. The van der Waals surface area contributed by atoms with Crippen molar-refractivity contribution in [1.82, 2.24) is 0 Å². The number of benzene rings is 3. The van der Waals surface area contributed by atoms with Gasteiger partial charge in [0, 0.05) is 17.6 Å². The van der Waals surface area contributed by atoms with Crippen LogP contribution in [-0.4, -0.2) is 38.5 Å². The molecule has 2 bridgehead atoms. The van der Waals surface area contributed by atoms with Crippen molar-refractivity contribution in [2.75, 3.05) is 5.75 Å². The van der Waals surface area contributed by atoms with Crippen molar-refractivity contribution in [3.8, 4) is 12.1 Å². The molecule has 2 fully saturated rings. The fraction of sp³-hybridized carbons (Fsp3) is 0.279. The number of ketones is 1. The van der Waals surface area contributed by atoms with Gasteiger partial charge in [-0.05, 0) is 120 Å². The number of rotatable bonds is 11. The summed E-state index contributed by atoms with van der Waals surface area (Å²) >= 11 is 2.26. The van der Waals surface area contributed by atoms with E-state index in [0.29, 0.717) is 51.8 Å². The van der Waals surface area contributed by atoms with Gasteiger partial charge in [-0.25, -0.2) is 0 Å². The SMILES string of the molecule is Cc1ccc(S(=O)(=O)O/N=C2\SC=C\C2=C(\C#N)c2ccccc2C)cc1CC1(C)C2CCC1(CS(=O)(=O)O/N=C1\SC=C\C1=C(\C#N)c1ccccc1C)C(=O)C2. The molecule has 3 unspecified atom stereocenters. The molecule has 0 amide bonds.